The number of benzene rings is 1. The molecule has 0 aliphatic rings. The van der Waals surface area contributed by atoms with Crippen LogP contribution in [0.15, 0.2) is 36.9 Å². The summed E-state index contributed by atoms with van der Waals surface area (Å²) in [6.45, 7) is 5.39. The van der Waals surface area contributed by atoms with E-state index in [1.807, 2.05) is 6.92 Å². The molecule has 0 radical (unpaired) electrons. The minimum Gasteiger partial charge on any atom is -0.465 e. The van der Waals surface area contributed by atoms with Crippen LogP contribution in [0.2, 0.25) is 0 Å². The Balaban J connectivity index is 2.87. The number of carbonyl (C=O) groups is 2. The molecule has 0 N–H and O–H groups in total. The van der Waals surface area contributed by atoms with E-state index < -0.39 is 5.97 Å². The van der Waals surface area contributed by atoms with Gasteiger partial charge in [0.25, 0.3) is 0 Å². The number of esters is 2. The molecule has 1 unspecified atom stereocenters. The molecule has 1 rings (SSSR count). The first-order chi connectivity index (χ1) is 9.12. The van der Waals surface area contributed by atoms with Crippen LogP contribution in [0.5, 0.6) is 0 Å². The van der Waals surface area contributed by atoms with Gasteiger partial charge in [0, 0.05) is 6.08 Å². The minimum atomic E-state index is -0.449. The zero-order valence-electron chi connectivity index (χ0n) is 11.2. The van der Waals surface area contributed by atoms with Crippen molar-refractivity contribution >= 4 is 11.9 Å². The van der Waals surface area contributed by atoms with E-state index in [0.29, 0.717) is 5.56 Å². The van der Waals surface area contributed by atoms with E-state index in [-0.39, 0.29) is 12.1 Å². The fourth-order valence-electron chi connectivity index (χ4n) is 1.70. The first kappa shape index (κ1) is 15.0. The highest BCUT2D eigenvalue weighted by Gasteiger charge is 2.15. The van der Waals surface area contributed by atoms with Gasteiger partial charge >= 0.3 is 11.9 Å². The smallest absolute Gasteiger partial charge is 0.337 e. The molecule has 0 fully saturated rings. The highest BCUT2D eigenvalue weighted by atomic mass is 16.5. The summed E-state index contributed by atoms with van der Waals surface area (Å²) in [4.78, 5) is 22.6. The van der Waals surface area contributed by atoms with Gasteiger partial charge < -0.3 is 9.47 Å². The van der Waals surface area contributed by atoms with Crippen molar-refractivity contribution in [1.29, 1.82) is 0 Å². The number of hydrogen-bond acceptors (Lipinski definition) is 4. The van der Waals surface area contributed by atoms with Gasteiger partial charge in [-0.15, -0.1) is 0 Å². The SMILES string of the molecule is C=CC(=O)OC(CCC)c1ccc(C(=O)OC)cc1. The van der Waals surface area contributed by atoms with E-state index in [1.165, 1.54) is 7.11 Å². The average molecular weight is 262 g/mol. The van der Waals surface area contributed by atoms with Crippen molar-refractivity contribution in [3.05, 3.63) is 48.0 Å². The summed E-state index contributed by atoms with van der Waals surface area (Å²) in [5.41, 5.74) is 1.32. The Labute approximate surface area is 113 Å². The van der Waals surface area contributed by atoms with Gasteiger partial charge in [-0.05, 0) is 24.1 Å². The topological polar surface area (TPSA) is 52.6 Å². The Morgan fingerprint density at radius 1 is 1.32 bits per heavy atom. The molecular formula is C15H18O4. The van der Waals surface area contributed by atoms with Crippen molar-refractivity contribution in [2.75, 3.05) is 7.11 Å². The van der Waals surface area contributed by atoms with Crippen molar-refractivity contribution in [2.45, 2.75) is 25.9 Å². The second kappa shape index (κ2) is 7.36. The first-order valence-electron chi connectivity index (χ1n) is 6.13. The molecule has 1 aromatic rings. The maximum atomic E-state index is 11.3. The van der Waals surface area contributed by atoms with E-state index >= 15 is 0 Å². The van der Waals surface area contributed by atoms with Gasteiger partial charge in [0.1, 0.15) is 6.10 Å². The molecule has 0 aliphatic carbocycles. The standard InChI is InChI=1S/C15H18O4/c1-4-6-13(19-14(16)5-2)11-7-9-12(10-8-11)15(17)18-3/h5,7-10,13H,2,4,6H2,1,3H3. The highest BCUT2D eigenvalue weighted by Crippen LogP contribution is 2.23. The van der Waals surface area contributed by atoms with Crippen molar-refractivity contribution in [3.8, 4) is 0 Å². The molecule has 1 atom stereocenters. The second-order valence-corrected chi connectivity index (χ2v) is 4.03. The van der Waals surface area contributed by atoms with Crippen LogP contribution in [-0.2, 0) is 14.3 Å². The molecule has 0 aliphatic heterocycles. The lowest BCUT2D eigenvalue weighted by Gasteiger charge is -2.16. The zero-order chi connectivity index (χ0) is 14.3. The monoisotopic (exact) mass is 262 g/mol. The van der Waals surface area contributed by atoms with Crippen LogP contribution < -0.4 is 0 Å². The summed E-state index contributed by atoms with van der Waals surface area (Å²) >= 11 is 0. The van der Waals surface area contributed by atoms with E-state index in [1.54, 1.807) is 24.3 Å². The summed E-state index contributed by atoms with van der Waals surface area (Å²) in [7, 11) is 1.34. The van der Waals surface area contributed by atoms with Crippen molar-refractivity contribution in [3.63, 3.8) is 0 Å². The number of rotatable bonds is 6. The predicted octanol–water partition coefficient (Wildman–Crippen LogP) is 3.04. The van der Waals surface area contributed by atoms with Gasteiger partial charge in [0.05, 0.1) is 12.7 Å². The van der Waals surface area contributed by atoms with E-state index in [2.05, 4.69) is 11.3 Å². The molecule has 0 heterocycles. The van der Waals surface area contributed by atoms with Crippen LogP contribution >= 0.6 is 0 Å². The Morgan fingerprint density at radius 2 is 1.95 bits per heavy atom. The molecule has 0 saturated carbocycles. The lowest BCUT2D eigenvalue weighted by molar-refractivity contribution is -0.143. The van der Waals surface area contributed by atoms with Crippen LogP contribution in [0.4, 0.5) is 0 Å². The first-order valence-corrected chi connectivity index (χ1v) is 6.13. The zero-order valence-corrected chi connectivity index (χ0v) is 11.2. The molecule has 0 amide bonds. The van der Waals surface area contributed by atoms with Gasteiger partial charge in [-0.1, -0.05) is 32.1 Å². The van der Waals surface area contributed by atoms with Gasteiger partial charge in [0.15, 0.2) is 0 Å². The largest absolute Gasteiger partial charge is 0.465 e. The number of hydrogen-bond donors (Lipinski definition) is 0. The van der Waals surface area contributed by atoms with Crippen molar-refractivity contribution in [2.24, 2.45) is 0 Å². The molecule has 0 aromatic heterocycles. The Morgan fingerprint density at radius 3 is 2.42 bits per heavy atom. The summed E-state index contributed by atoms with van der Waals surface area (Å²) in [5.74, 6) is -0.836. The molecule has 0 saturated heterocycles. The molecular weight excluding hydrogens is 244 g/mol. The number of methoxy groups -OCH3 is 1. The third kappa shape index (κ3) is 4.25. The maximum Gasteiger partial charge on any atom is 0.337 e. The lowest BCUT2D eigenvalue weighted by Crippen LogP contribution is -2.09. The van der Waals surface area contributed by atoms with Crippen molar-refractivity contribution < 1.29 is 19.1 Å². The third-order valence-corrected chi connectivity index (χ3v) is 2.68. The number of ether oxygens (including phenoxy) is 2. The summed E-state index contributed by atoms with van der Waals surface area (Å²) in [6, 6.07) is 6.85. The summed E-state index contributed by atoms with van der Waals surface area (Å²) in [6.07, 6.45) is 2.43. The van der Waals surface area contributed by atoms with Crippen LogP contribution in [0.25, 0.3) is 0 Å². The van der Waals surface area contributed by atoms with Crippen molar-refractivity contribution in [1.82, 2.24) is 0 Å². The van der Waals surface area contributed by atoms with Crippen LogP contribution in [0.1, 0.15) is 41.8 Å². The quantitative estimate of drug-likeness (QED) is 0.584. The van der Waals surface area contributed by atoms with E-state index in [4.69, 9.17) is 4.74 Å². The summed E-state index contributed by atoms with van der Waals surface area (Å²) < 4.78 is 9.91. The average Bonchev–Trinajstić information content (AvgIpc) is 2.46. The molecule has 0 bridgehead atoms. The third-order valence-electron chi connectivity index (χ3n) is 2.68. The van der Waals surface area contributed by atoms with Crippen LogP contribution in [0.3, 0.4) is 0 Å². The maximum absolute atomic E-state index is 11.3. The number of carbonyl (C=O) groups excluding carboxylic acids is 2. The van der Waals surface area contributed by atoms with E-state index in [9.17, 15) is 9.59 Å². The van der Waals surface area contributed by atoms with Crippen LogP contribution in [0, 0.1) is 0 Å². The Bertz CT molecular complexity index is 448. The minimum absolute atomic E-state index is 0.317. The summed E-state index contributed by atoms with van der Waals surface area (Å²) in [5, 5.41) is 0. The van der Waals surface area contributed by atoms with E-state index in [0.717, 1.165) is 24.5 Å². The highest BCUT2D eigenvalue weighted by molar-refractivity contribution is 5.89. The van der Waals surface area contributed by atoms with Gasteiger partial charge in [0.2, 0.25) is 0 Å². The Hall–Kier alpha value is -2.10. The molecule has 0 spiro atoms. The Kier molecular flexibility index (Phi) is 5.79. The molecule has 4 heteroatoms. The predicted molar refractivity (Wildman–Crippen MR) is 71.7 cm³/mol. The molecule has 102 valence electrons. The molecule has 4 nitrogen and oxygen atoms in total. The lowest BCUT2D eigenvalue weighted by atomic mass is 10.0. The fourth-order valence-corrected chi connectivity index (χ4v) is 1.70. The normalized spacial score (nSPS) is 11.5. The fraction of sp³-hybridized carbons (Fsp3) is 0.333. The molecule has 19 heavy (non-hydrogen) atoms. The van der Waals surface area contributed by atoms with Crippen LogP contribution in [-0.4, -0.2) is 19.0 Å². The van der Waals surface area contributed by atoms with Gasteiger partial charge in [-0.3, -0.25) is 0 Å². The molecule has 1 aromatic carbocycles. The second-order valence-electron chi connectivity index (χ2n) is 4.03. The van der Waals surface area contributed by atoms with Gasteiger partial charge in [-0.25, -0.2) is 9.59 Å². The van der Waals surface area contributed by atoms with Gasteiger partial charge in [-0.2, -0.15) is 0 Å².